The van der Waals surface area contributed by atoms with Crippen molar-refractivity contribution >= 4 is 39.7 Å². The van der Waals surface area contributed by atoms with E-state index in [-0.39, 0.29) is 17.7 Å². The number of carbonyl (C=O) groups excluding carboxylic acids is 2. The van der Waals surface area contributed by atoms with E-state index in [2.05, 4.69) is 15.6 Å². The van der Waals surface area contributed by atoms with Gasteiger partial charge in [-0.1, -0.05) is 18.2 Å². The average Bonchev–Trinajstić information content (AvgIpc) is 3.11. The van der Waals surface area contributed by atoms with E-state index in [1.54, 1.807) is 11.1 Å². The lowest BCUT2D eigenvalue weighted by Gasteiger charge is -2.39. The Morgan fingerprint density at radius 1 is 1.29 bits per heavy atom. The maximum Gasteiger partial charge on any atom is 0.261 e. The van der Waals surface area contributed by atoms with Crippen molar-refractivity contribution in [3.8, 4) is 0 Å². The Labute approximate surface area is 167 Å². The number of aryl methyl sites for hydroxylation is 1. The van der Waals surface area contributed by atoms with E-state index >= 15 is 0 Å². The quantitative estimate of drug-likeness (QED) is 0.697. The van der Waals surface area contributed by atoms with E-state index in [1.807, 2.05) is 49.7 Å². The number of nitrogens with one attached hydrogen (secondary N) is 2. The first-order chi connectivity index (χ1) is 13.6. The second-order valence-electron chi connectivity index (χ2n) is 7.09. The number of thiophene rings is 1. The number of nitrogens with zero attached hydrogens (tertiary/aromatic N) is 2. The van der Waals surface area contributed by atoms with Crippen molar-refractivity contribution in [1.82, 2.24) is 15.2 Å². The molecule has 6 nitrogen and oxygen atoms in total. The van der Waals surface area contributed by atoms with Gasteiger partial charge in [-0.3, -0.25) is 14.6 Å². The first kappa shape index (κ1) is 18.4. The molecular formula is C21H22N4O2S. The number of anilines is 1. The molecule has 1 aliphatic heterocycles. The molecule has 0 radical (unpaired) electrons. The third kappa shape index (κ3) is 3.45. The zero-order valence-corrected chi connectivity index (χ0v) is 16.7. The number of carbonyl (C=O) groups is 2. The van der Waals surface area contributed by atoms with Gasteiger partial charge in [0.25, 0.3) is 11.8 Å². The third-order valence-corrected chi connectivity index (χ3v) is 6.05. The molecule has 0 spiro atoms. The highest BCUT2D eigenvalue weighted by Gasteiger charge is 2.32. The highest BCUT2D eigenvalue weighted by Crippen LogP contribution is 2.28. The largest absolute Gasteiger partial charge is 0.387 e. The first-order valence-electron chi connectivity index (χ1n) is 9.25. The van der Waals surface area contributed by atoms with Crippen LogP contribution in [-0.2, 0) is 0 Å². The number of para-hydroxylation sites is 1. The third-order valence-electron chi connectivity index (χ3n) is 5.01. The molecule has 3 heterocycles. The van der Waals surface area contributed by atoms with Crippen LogP contribution in [0.25, 0.3) is 10.9 Å². The number of hydrogen-bond donors (Lipinski definition) is 2. The van der Waals surface area contributed by atoms with Crippen LogP contribution >= 0.6 is 11.3 Å². The lowest BCUT2D eigenvalue weighted by atomic mass is 9.98. The minimum atomic E-state index is -0.0425. The first-order valence-corrected chi connectivity index (χ1v) is 10.1. The molecule has 3 aromatic rings. The van der Waals surface area contributed by atoms with Gasteiger partial charge in [0.05, 0.1) is 21.6 Å². The van der Waals surface area contributed by atoms with Gasteiger partial charge in [-0.15, -0.1) is 11.3 Å². The second kappa shape index (κ2) is 7.59. The Balaban J connectivity index is 1.37. The summed E-state index contributed by atoms with van der Waals surface area (Å²) in [5.41, 5.74) is 3.34. The van der Waals surface area contributed by atoms with Crippen molar-refractivity contribution in [2.24, 2.45) is 5.92 Å². The standard InChI is InChI=1S/C21H22N4O2S/c1-13-7-18(28-12-13)20(26)24-8-14-10-25(11-14)21(27)16-9-23-17-6-4-3-5-15(17)19(16)22-2/h3-7,9,12,14H,8,10-11H2,1-2H3,(H,22,23)(H,24,26). The fraction of sp³-hybridized carbons (Fsp3) is 0.286. The maximum absolute atomic E-state index is 12.9. The molecule has 28 heavy (non-hydrogen) atoms. The second-order valence-corrected chi connectivity index (χ2v) is 8.00. The van der Waals surface area contributed by atoms with Crippen LogP contribution in [0.5, 0.6) is 0 Å². The summed E-state index contributed by atoms with van der Waals surface area (Å²) < 4.78 is 0. The van der Waals surface area contributed by atoms with E-state index in [0.717, 1.165) is 27.0 Å². The summed E-state index contributed by atoms with van der Waals surface area (Å²) in [6.45, 7) is 3.83. The number of pyridine rings is 1. The van der Waals surface area contributed by atoms with Gasteiger partial charge in [0, 0.05) is 44.2 Å². The Hall–Kier alpha value is -2.93. The Morgan fingerprint density at radius 2 is 2.07 bits per heavy atom. The van der Waals surface area contributed by atoms with E-state index in [9.17, 15) is 9.59 Å². The molecule has 0 bridgehead atoms. The fourth-order valence-corrected chi connectivity index (χ4v) is 4.30. The lowest BCUT2D eigenvalue weighted by Crippen LogP contribution is -2.53. The van der Waals surface area contributed by atoms with Crippen LogP contribution in [0.4, 0.5) is 5.69 Å². The average molecular weight is 395 g/mol. The normalized spacial score (nSPS) is 14.0. The summed E-state index contributed by atoms with van der Waals surface area (Å²) in [7, 11) is 1.82. The van der Waals surface area contributed by atoms with Gasteiger partial charge in [-0.25, -0.2) is 0 Å². The monoisotopic (exact) mass is 394 g/mol. The zero-order valence-electron chi connectivity index (χ0n) is 15.9. The minimum Gasteiger partial charge on any atom is -0.387 e. The zero-order chi connectivity index (χ0) is 19.7. The summed E-state index contributed by atoms with van der Waals surface area (Å²) in [5.74, 6) is 0.207. The van der Waals surface area contributed by atoms with E-state index in [4.69, 9.17) is 0 Å². The predicted octanol–water partition coefficient (Wildman–Crippen LogP) is 3.15. The summed E-state index contributed by atoms with van der Waals surface area (Å²) in [4.78, 5) is 32.0. The summed E-state index contributed by atoms with van der Waals surface area (Å²) >= 11 is 1.45. The Morgan fingerprint density at radius 3 is 2.79 bits per heavy atom. The number of hydrogen-bond acceptors (Lipinski definition) is 5. The number of aromatic nitrogens is 1. The molecule has 144 valence electrons. The van der Waals surface area contributed by atoms with Gasteiger partial charge in [-0.2, -0.15) is 0 Å². The van der Waals surface area contributed by atoms with Crippen LogP contribution in [0.15, 0.2) is 41.9 Å². The van der Waals surface area contributed by atoms with Crippen molar-refractivity contribution in [2.75, 3.05) is 32.0 Å². The molecule has 1 saturated heterocycles. The summed E-state index contributed by atoms with van der Waals surface area (Å²) in [6, 6.07) is 9.66. The van der Waals surface area contributed by atoms with E-state index < -0.39 is 0 Å². The fourth-order valence-electron chi connectivity index (χ4n) is 3.48. The highest BCUT2D eigenvalue weighted by atomic mass is 32.1. The number of likely N-dealkylation sites (tertiary alicyclic amines) is 1. The molecule has 2 N–H and O–H groups in total. The van der Waals surface area contributed by atoms with Crippen LogP contribution in [0.2, 0.25) is 0 Å². The van der Waals surface area contributed by atoms with Crippen molar-refractivity contribution in [1.29, 1.82) is 0 Å². The minimum absolute atomic E-state index is 0.0286. The van der Waals surface area contributed by atoms with Gasteiger partial charge in [0.15, 0.2) is 0 Å². The molecule has 0 unspecified atom stereocenters. The van der Waals surface area contributed by atoms with Crippen LogP contribution in [-0.4, -0.2) is 48.4 Å². The van der Waals surface area contributed by atoms with Crippen LogP contribution in [0.1, 0.15) is 25.6 Å². The molecule has 0 saturated carbocycles. The van der Waals surface area contributed by atoms with E-state index in [1.165, 1.54) is 11.3 Å². The van der Waals surface area contributed by atoms with Crippen molar-refractivity contribution in [2.45, 2.75) is 6.92 Å². The van der Waals surface area contributed by atoms with Gasteiger partial charge in [0.1, 0.15) is 0 Å². The predicted molar refractivity (Wildman–Crippen MR) is 112 cm³/mol. The van der Waals surface area contributed by atoms with Gasteiger partial charge < -0.3 is 15.5 Å². The molecule has 7 heteroatoms. The van der Waals surface area contributed by atoms with Gasteiger partial charge in [-0.05, 0) is 30.0 Å². The van der Waals surface area contributed by atoms with E-state index in [0.29, 0.717) is 25.2 Å². The number of rotatable bonds is 5. The number of fused-ring (bicyclic) bond motifs is 1. The topological polar surface area (TPSA) is 74.3 Å². The highest BCUT2D eigenvalue weighted by molar-refractivity contribution is 7.12. The summed E-state index contributed by atoms with van der Waals surface area (Å²) in [5, 5.41) is 9.02. The van der Waals surface area contributed by atoms with Crippen LogP contribution in [0, 0.1) is 12.8 Å². The lowest BCUT2D eigenvalue weighted by molar-refractivity contribution is 0.0499. The van der Waals surface area contributed by atoms with Crippen molar-refractivity contribution in [3.05, 3.63) is 57.9 Å². The maximum atomic E-state index is 12.9. The number of benzene rings is 1. The molecule has 2 aromatic heterocycles. The van der Waals surface area contributed by atoms with Crippen molar-refractivity contribution in [3.63, 3.8) is 0 Å². The molecular weight excluding hydrogens is 372 g/mol. The molecule has 1 aromatic carbocycles. The molecule has 1 aliphatic rings. The molecule has 2 amide bonds. The van der Waals surface area contributed by atoms with Crippen LogP contribution < -0.4 is 10.6 Å². The molecule has 0 atom stereocenters. The van der Waals surface area contributed by atoms with Crippen LogP contribution in [0.3, 0.4) is 0 Å². The van der Waals surface area contributed by atoms with Gasteiger partial charge >= 0.3 is 0 Å². The molecule has 1 fully saturated rings. The van der Waals surface area contributed by atoms with Crippen molar-refractivity contribution < 1.29 is 9.59 Å². The van der Waals surface area contributed by atoms with Gasteiger partial charge in [0.2, 0.25) is 0 Å². The summed E-state index contributed by atoms with van der Waals surface area (Å²) in [6.07, 6.45) is 1.64. The smallest absolute Gasteiger partial charge is 0.261 e. The Bertz CT molecular complexity index is 1040. The SMILES string of the molecule is CNc1c(C(=O)N2CC(CNC(=O)c3cc(C)cs3)C2)cnc2ccccc12. The molecule has 4 rings (SSSR count). The number of amides is 2. The molecule has 0 aliphatic carbocycles. The Kier molecular flexibility index (Phi) is 5.00.